The minimum Gasteiger partial charge on any atom is -0.457 e. The Bertz CT molecular complexity index is 1860. The molecule has 0 spiro atoms. The van der Waals surface area contributed by atoms with Crippen molar-refractivity contribution in [1.82, 2.24) is 9.97 Å². The van der Waals surface area contributed by atoms with Crippen molar-refractivity contribution in [3.05, 3.63) is 120 Å². The van der Waals surface area contributed by atoms with E-state index in [2.05, 4.69) is 15.3 Å². The van der Waals surface area contributed by atoms with Gasteiger partial charge in [-0.1, -0.05) is 71.9 Å². The maximum absolute atomic E-state index is 13.7. The molecule has 6 rings (SSSR count). The summed E-state index contributed by atoms with van der Waals surface area (Å²) in [5.41, 5.74) is 2.77. The van der Waals surface area contributed by atoms with Gasteiger partial charge >= 0.3 is 0 Å². The molecule has 0 aliphatic carbocycles. The number of ether oxygens (including phenoxy) is 1. The molecule has 4 aromatic carbocycles. The molecule has 42 heavy (non-hydrogen) atoms. The second-order valence-electron chi connectivity index (χ2n) is 9.30. The fourth-order valence-corrected chi connectivity index (χ4v) is 6.78. The number of thioether (sulfide) groups is 1. The number of anilines is 2. The van der Waals surface area contributed by atoms with E-state index in [1.165, 1.54) is 10.5 Å². The summed E-state index contributed by atoms with van der Waals surface area (Å²) >= 11 is 7.40. The molecular weight excluding hydrogens is 592 g/mol. The zero-order chi connectivity index (χ0) is 29.1. The van der Waals surface area contributed by atoms with Gasteiger partial charge in [0.25, 0.3) is 10.0 Å². The quantitative estimate of drug-likeness (QED) is 0.148. The summed E-state index contributed by atoms with van der Waals surface area (Å²) in [6.07, 6.45) is 1.30. The predicted octanol–water partition coefficient (Wildman–Crippen LogP) is 7.03. The number of hydrogen-bond acceptors (Lipinski definition) is 7. The highest BCUT2D eigenvalue weighted by Gasteiger charge is 2.37. The largest absolute Gasteiger partial charge is 0.457 e. The molecule has 1 aromatic heterocycles. The van der Waals surface area contributed by atoms with Crippen LogP contribution in [-0.2, 0) is 21.4 Å². The van der Waals surface area contributed by atoms with E-state index in [0.29, 0.717) is 27.7 Å². The fourth-order valence-electron chi connectivity index (χ4n) is 4.44. The molecule has 0 radical (unpaired) electrons. The third-order valence-corrected chi connectivity index (χ3v) is 9.26. The molecule has 11 heteroatoms. The minimum absolute atomic E-state index is 0.000124. The smallest absolute Gasteiger partial charge is 0.268 e. The first kappa shape index (κ1) is 27.8. The van der Waals surface area contributed by atoms with Crippen LogP contribution >= 0.6 is 23.4 Å². The lowest BCUT2D eigenvalue weighted by Crippen LogP contribution is -2.34. The number of amides is 1. The average molecular weight is 615 g/mol. The number of rotatable bonds is 8. The second-order valence-corrected chi connectivity index (χ2v) is 12.5. The van der Waals surface area contributed by atoms with Crippen LogP contribution in [0.5, 0.6) is 11.5 Å². The zero-order valence-corrected chi connectivity index (χ0v) is 24.4. The molecule has 0 saturated heterocycles. The molecule has 210 valence electrons. The van der Waals surface area contributed by atoms with E-state index in [0.717, 1.165) is 23.1 Å². The van der Waals surface area contributed by atoms with E-state index in [9.17, 15) is 13.2 Å². The van der Waals surface area contributed by atoms with Crippen LogP contribution in [0.3, 0.4) is 0 Å². The maximum atomic E-state index is 13.7. The molecule has 2 heterocycles. The summed E-state index contributed by atoms with van der Waals surface area (Å²) < 4.78 is 34.5. The first-order chi connectivity index (χ1) is 20.4. The Morgan fingerprint density at radius 1 is 0.905 bits per heavy atom. The first-order valence-electron chi connectivity index (χ1n) is 12.9. The minimum atomic E-state index is -3.97. The number of fused-ring (bicyclic) bond motifs is 3. The van der Waals surface area contributed by atoms with Gasteiger partial charge in [0.2, 0.25) is 5.91 Å². The van der Waals surface area contributed by atoms with Crippen LogP contribution in [0.25, 0.3) is 11.3 Å². The Morgan fingerprint density at radius 3 is 2.33 bits per heavy atom. The molecule has 0 bridgehead atoms. The van der Waals surface area contributed by atoms with Crippen LogP contribution in [0.4, 0.5) is 11.4 Å². The highest BCUT2D eigenvalue weighted by atomic mass is 35.5. The summed E-state index contributed by atoms with van der Waals surface area (Å²) in [7, 11) is -3.97. The van der Waals surface area contributed by atoms with Crippen molar-refractivity contribution in [2.24, 2.45) is 0 Å². The van der Waals surface area contributed by atoms with Crippen molar-refractivity contribution in [2.45, 2.75) is 16.6 Å². The summed E-state index contributed by atoms with van der Waals surface area (Å²) in [5.74, 6) is 1.14. The van der Waals surface area contributed by atoms with Gasteiger partial charge in [-0.25, -0.2) is 18.4 Å². The van der Waals surface area contributed by atoms with E-state index in [4.69, 9.17) is 16.3 Å². The van der Waals surface area contributed by atoms with Gasteiger partial charge in [0.15, 0.2) is 5.16 Å². The number of para-hydroxylation sites is 1. The van der Waals surface area contributed by atoms with Crippen LogP contribution in [0.15, 0.2) is 119 Å². The molecule has 5 aromatic rings. The van der Waals surface area contributed by atoms with E-state index in [-0.39, 0.29) is 34.0 Å². The van der Waals surface area contributed by atoms with E-state index in [1.54, 1.807) is 42.5 Å². The fraction of sp³-hybridized carbons (Fsp3) is 0.0645. The molecule has 0 fully saturated rings. The van der Waals surface area contributed by atoms with Crippen molar-refractivity contribution >= 4 is 50.7 Å². The monoisotopic (exact) mass is 614 g/mol. The summed E-state index contributed by atoms with van der Waals surface area (Å²) in [6.45, 7) is 0.131. The number of hydrogen-bond donors (Lipinski definition) is 1. The molecular formula is C31H23ClN4O4S2. The van der Waals surface area contributed by atoms with Crippen LogP contribution in [0.2, 0.25) is 5.02 Å². The molecule has 1 N–H and O–H groups in total. The molecule has 8 nitrogen and oxygen atoms in total. The Morgan fingerprint density at radius 2 is 1.60 bits per heavy atom. The number of sulfonamides is 1. The molecule has 1 aliphatic heterocycles. The van der Waals surface area contributed by atoms with E-state index >= 15 is 0 Å². The normalized spacial score (nSPS) is 13.1. The number of aromatic nitrogens is 2. The van der Waals surface area contributed by atoms with E-state index < -0.39 is 10.0 Å². The molecule has 1 aliphatic rings. The van der Waals surface area contributed by atoms with Crippen LogP contribution in [0, 0.1) is 0 Å². The highest BCUT2D eigenvalue weighted by molar-refractivity contribution is 7.99. The van der Waals surface area contributed by atoms with Gasteiger partial charge < -0.3 is 10.1 Å². The van der Waals surface area contributed by atoms with Crippen LogP contribution in [-0.4, -0.2) is 30.0 Å². The number of nitrogens with zero attached hydrogens (tertiary/aromatic N) is 3. The van der Waals surface area contributed by atoms with Crippen molar-refractivity contribution in [3.63, 3.8) is 0 Å². The topological polar surface area (TPSA) is 101 Å². The van der Waals surface area contributed by atoms with Gasteiger partial charge in [0.05, 0.1) is 29.9 Å². The Hall–Kier alpha value is -4.38. The number of carbonyl (C=O) groups is 1. The van der Waals surface area contributed by atoms with Crippen molar-refractivity contribution in [1.29, 1.82) is 0 Å². The summed E-state index contributed by atoms with van der Waals surface area (Å²) in [5, 5.41) is 3.53. The maximum Gasteiger partial charge on any atom is 0.268 e. The van der Waals surface area contributed by atoms with Crippen LogP contribution in [0.1, 0.15) is 5.56 Å². The number of nitrogens with one attached hydrogen (secondary N) is 1. The lowest BCUT2D eigenvalue weighted by atomic mass is 10.1. The first-order valence-corrected chi connectivity index (χ1v) is 15.7. The Labute approximate surface area is 252 Å². The SMILES string of the molecule is O=C(CSc1ncc2c(n1)-c1ccc(Cl)cc1N(Cc1ccccc1)S2(=O)=O)Nc1ccc(Oc2ccccc2)cc1. The van der Waals surface area contributed by atoms with Gasteiger partial charge in [-0.05, 0) is 60.2 Å². The Kier molecular flexibility index (Phi) is 7.84. The number of carbonyl (C=O) groups excluding carboxylic acids is 1. The van der Waals surface area contributed by atoms with Crippen LogP contribution < -0.4 is 14.4 Å². The van der Waals surface area contributed by atoms with Gasteiger partial charge in [-0.3, -0.25) is 9.10 Å². The highest BCUT2D eigenvalue weighted by Crippen LogP contribution is 2.44. The number of benzene rings is 4. The third-order valence-electron chi connectivity index (χ3n) is 6.40. The Balaban J connectivity index is 1.17. The number of halogens is 1. The van der Waals surface area contributed by atoms with Crippen molar-refractivity contribution in [2.75, 3.05) is 15.4 Å². The average Bonchev–Trinajstić information content (AvgIpc) is 3.00. The molecule has 1 amide bonds. The lowest BCUT2D eigenvalue weighted by molar-refractivity contribution is -0.113. The molecule has 0 saturated carbocycles. The van der Waals surface area contributed by atoms with E-state index in [1.807, 2.05) is 60.7 Å². The van der Waals surface area contributed by atoms with Crippen molar-refractivity contribution in [3.8, 4) is 22.8 Å². The van der Waals surface area contributed by atoms with Gasteiger partial charge in [-0.2, -0.15) is 0 Å². The zero-order valence-electron chi connectivity index (χ0n) is 22.0. The van der Waals surface area contributed by atoms with Gasteiger partial charge in [-0.15, -0.1) is 0 Å². The predicted molar refractivity (Wildman–Crippen MR) is 165 cm³/mol. The molecule has 0 unspecified atom stereocenters. The van der Waals surface area contributed by atoms with Gasteiger partial charge in [0, 0.05) is 16.3 Å². The molecule has 0 atom stereocenters. The standard InChI is InChI=1S/C31H23ClN4O4S2/c32-22-11-16-26-27(17-22)36(19-21-7-3-1-4-8-21)42(38,39)28-18-33-31(35-30(26)28)41-20-29(37)34-23-12-14-25(15-13-23)40-24-9-5-2-6-10-24/h1-18H,19-20H2,(H,34,37). The van der Waals surface area contributed by atoms with Gasteiger partial charge in [0.1, 0.15) is 16.4 Å². The van der Waals surface area contributed by atoms with Crippen molar-refractivity contribution < 1.29 is 17.9 Å². The summed E-state index contributed by atoms with van der Waals surface area (Å²) in [4.78, 5) is 21.5. The lowest BCUT2D eigenvalue weighted by Gasteiger charge is -2.31. The second kappa shape index (κ2) is 11.8. The third kappa shape index (κ3) is 5.96. The summed E-state index contributed by atoms with van der Waals surface area (Å²) in [6, 6.07) is 30.9.